The first-order chi connectivity index (χ1) is 13.5. The van der Waals surface area contributed by atoms with E-state index in [0.717, 1.165) is 18.9 Å². The van der Waals surface area contributed by atoms with Crippen LogP contribution in [-0.2, 0) is 0 Å². The molecule has 0 aliphatic carbocycles. The predicted molar refractivity (Wildman–Crippen MR) is 108 cm³/mol. The van der Waals surface area contributed by atoms with Crippen molar-refractivity contribution in [1.82, 2.24) is 5.16 Å². The molecule has 0 aliphatic heterocycles. The van der Waals surface area contributed by atoms with E-state index in [9.17, 15) is 4.79 Å². The summed E-state index contributed by atoms with van der Waals surface area (Å²) in [5.41, 5.74) is 7.20. The molecule has 2 aromatic carbocycles. The van der Waals surface area contributed by atoms with Crippen LogP contribution in [0.3, 0.4) is 0 Å². The Bertz CT molecular complexity index is 964. The molecule has 0 atom stereocenters. The molecule has 0 saturated heterocycles. The standard InChI is InChI=1S/C21H23N3O4/c1-4-24(5-2)20-13-19(28-23-20)17-10-9-16(26-3)12-18(17)27-21(25)14-7-6-8-15(22)11-14/h6-13H,4-5,22H2,1-3H3. The minimum atomic E-state index is -0.523. The Hall–Kier alpha value is -3.48. The van der Waals surface area contributed by atoms with E-state index >= 15 is 0 Å². The molecule has 7 heteroatoms. The van der Waals surface area contributed by atoms with Crippen LogP contribution in [0.4, 0.5) is 11.5 Å². The van der Waals surface area contributed by atoms with E-state index in [1.54, 1.807) is 49.6 Å². The summed E-state index contributed by atoms with van der Waals surface area (Å²) in [5.74, 6) is 1.57. The summed E-state index contributed by atoms with van der Waals surface area (Å²) in [6, 6.07) is 13.6. The van der Waals surface area contributed by atoms with Gasteiger partial charge in [-0.1, -0.05) is 11.2 Å². The van der Waals surface area contributed by atoms with E-state index in [4.69, 9.17) is 19.7 Å². The fourth-order valence-electron chi connectivity index (χ4n) is 2.83. The molecule has 2 N–H and O–H groups in total. The largest absolute Gasteiger partial charge is 0.497 e. The molecule has 0 bridgehead atoms. The van der Waals surface area contributed by atoms with Gasteiger partial charge in [-0.25, -0.2) is 4.79 Å². The van der Waals surface area contributed by atoms with E-state index in [1.165, 1.54) is 0 Å². The van der Waals surface area contributed by atoms with Gasteiger partial charge in [0.1, 0.15) is 11.5 Å². The third-order valence-electron chi connectivity index (χ3n) is 4.36. The average molecular weight is 381 g/mol. The molecular weight excluding hydrogens is 358 g/mol. The summed E-state index contributed by atoms with van der Waals surface area (Å²) >= 11 is 0. The van der Waals surface area contributed by atoms with E-state index < -0.39 is 5.97 Å². The molecule has 1 aromatic heterocycles. The first-order valence-corrected chi connectivity index (χ1v) is 9.03. The van der Waals surface area contributed by atoms with Gasteiger partial charge >= 0.3 is 5.97 Å². The zero-order valence-electron chi connectivity index (χ0n) is 16.1. The van der Waals surface area contributed by atoms with E-state index in [-0.39, 0.29) is 0 Å². The fraction of sp³-hybridized carbons (Fsp3) is 0.238. The maximum atomic E-state index is 12.6. The molecule has 146 valence electrons. The van der Waals surface area contributed by atoms with E-state index in [0.29, 0.717) is 34.1 Å². The predicted octanol–water partition coefficient (Wildman–Crippen LogP) is 4.00. The van der Waals surface area contributed by atoms with Gasteiger partial charge in [-0.15, -0.1) is 0 Å². The summed E-state index contributed by atoms with van der Waals surface area (Å²) in [5, 5.41) is 4.13. The molecule has 0 unspecified atom stereocenters. The van der Waals surface area contributed by atoms with Gasteiger partial charge in [-0.3, -0.25) is 0 Å². The maximum Gasteiger partial charge on any atom is 0.343 e. The van der Waals surface area contributed by atoms with Gasteiger partial charge < -0.3 is 24.6 Å². The molecule has 1 heterocycles. The number of anilines is 2. The number of nitrogens with zero attached hydrogens (tertiary/aromatic N) is 2. The Morgan fingerprint density at radius 2 is 1.93 bits per heavy atom. The van der Waals surface area contributed by atoms with Crippen LogP contribution in [0, 0.1) is 0 Å². The van der Waals surface area contributed by atoms with Crippen molar-refractivity contribution in [3.8, 4) is 22.8 Å². The molecular formula is C21H23N3O4. The Labute approximate surface area is 163 Å². The summed E-state index contributed by atoms with van der Waals surface area (Å²) in [4.78, 5) is 14.6. The SMILES string of the molecule is CCN(CC)c1cc(-c2ccc(OC)cc2OC(=O)c2cccc(N)c2)on1. The number of ether oxygens (including phenoxy) is 2. The topological polar surface area (TPSA) is 90.8 Å². The summed E-state index contributed by atoms with van der Waals surface area (Å²) in [6.07, 6.45) is 0. The van der Waals surface area contributed by atoms with Gasteiger partial charge in [-0.05, 0) is 44.2 Å². The van der Waals surface area contributed by atoms with E-state index in [1.807, 2.05) is 19.9 Å². The average Bonchev–Trinajstić information content (AvgIpc) is 3.18. The summed E-state index contributed by atoms with van der Waals surface area (Å²) in [7, 11) is 1.55. The molecule has 7 nitrogen and oxygen atoms in total. The highest BCUT2D eigenvalue weighted by Crippen LogP contribution is 2.35. The first kappa shape index (κ1) is 19.3. The van der Waals surface area contributed by atoms with Crippen molar-refractivity contribution >= 4 is 17.5 Å². The third-order valence-corrected chi connectivity index (χ3v) is 4.36. The van der Waals surface area contributed by atoms with Gasteiger partial charge in [0.05, 0.1) is 18.2 Å². The van der Waals surface area contributed by atoms with Crippen LogP contribution < -0.4 is 20.1 Å². The highest BCUT2D eigenvalue weighted by Gasteiger charge is 2.18. The second-order valence-corrected chi connectivity index (χ2v) is 6.10. The Morgan fingerprint density at radius 3 is 2.61 bits per heavy atom. The smallest absolute Gasteiger partial charge is 0.343 e. The fourth-order valence-corrected chi connectivity index (χ4v) is 2.83. The number of carbonyl (C=O) groups excluding carboxylic acids is 1. The van der Waals surface area contributed by atoms with Crippen LogP contribution >= 0.6 is 0 Å². The number of methoxy groups -OCH3 is 1. The van der Waals surface area contributed by atoms with Crippen LogP contribution in [0.1, 0.15) is 24.2 Å². The molecule has 3 aromatic rings. The number of nitrogens with two attached hydrogens (primary N) is 1. The number of nitrogen functional groups attached to an aromatic ring is 1. The number of hydrogen-bond acceptors (Lipinski definition) is 7. The van der Waals surface area contributed by atoms with Gasteiger partial charge in [0, 0.05) is 30.9 Å². The van der Waals surface area contributed by atoms with Gasteiger partial charge in [0.25, 0.3) is 0 Å². The minimum absolute atomic E-state index is 0.314. The minimum Gasteiger partial charge on any atom is -0.497 e. The monoisotopic (exact) mass is 381 g/mol. The van der Waals surface area contributed by atoms with Crippen molar-refractivity contribution in [3.63, 3.8) is 0 Å². The molecule has 3 rings (SSSR count). The zero-order valence-corrected chi connectivity index (χ0v) is 16.1. The number of aromatic nitrogens is 1. The lowest BCUT2D eigenvalue weighted by molar-refractivity contribution is 0.0735. The van der Waals surface area contributed by atoms with Crippen LogP contribution in [0.25, 0.3) is 11.3 Å². The molecule has 0 radical (unpaired) electrons. The van der Waals surface area contributed by atoms with Crippen molar-refractivity contribution < 1.29 is 18.8 Å². The van der Waals surface area contributed by atoms with Crippen molar-refractivity contribution in [1.29, 1.82) is 0 Å². The highest BCUT2D eigenvalue weighted by molar-refractivity contribution is 5.93. The Balaban J connectivity index is 1.95. The molecule has 0 fully saturated rings. The Morgan fingerprint density at radius 1 is 1.14 bits per heavy atom. The van der Waals surface area contributed by atoms with Crippen LogP contribution in [-0.4, -0.2) is 31.3 Å². The van der Waals surface area contributed by atoms with Crippen LogP contribution in [0.2, 0.25) is 0 Å². The number of carbonyl (C=O) groups is 1. The zero-order chi connectivity index (χ0) is 20.1. The number of hydrogen-bond donors (Lipinski definition) is 1. The Kier molecular flexibility index (Phi) is 5.84. The lowest BCUT2D eigenvalue weighted by atomic mass is 10.1. The highest BCUT2D eigenvalue weighted by atomic mass is 16.5. The molecule has 28 heavy (non-hydrogen) atoms. The lowest BCUT2D eigenvalue weighted by Crippen LogP contribution is -2.21. The molecule has 0 saturated carbocycles. The van der Waals surface area contributed by atoms with Crippen molar-refractivity contribution in [2.45, 2.75) is 13.8 Å². The molecule has 0 spiro atoms. The normalized spacial score (nSPS) is 10.5. The second-order valence-electron chi connectivity index (χ2n) is 6.10. The van der Waals surface area contributed by atoms with Gasteiger partial charge in [0.15, 0.2) is 11.6 Å². The third kappa shape index (κ3) is 4.09. The summed E-state index contributed by atoms with van der Waals surface area (Å²) < 4.78 is 16.4. The molecule has 0 amide bonds. The quantitative estimate of drug-likeness (QED) is 0.376. The van der Waals surface area contributed by atoms with Gasteiger partial charge in [-0.2, -0.15) is 0 Å². The number of esters is 1. The maximum absolute atomic E-state index is 12.6. The first-order valence-electron chi connectivity index (χ1n) is 9.03. The van der Waals surface area contributed by atoms with Crippen LogP contribution in [0.15, 0.2) is 53.1 Å². The van der Waals surface area contributed by atoms with Crippen molar-refractivity contribution in [3.05, 3.63) is 54.1 Å². The number of rotatable bonds is 7. The van der Waals surface area contributed by atoms with Crippen molar-refractivity contribution in [2.24, 2.45) is 0 Å². The van der Waals surface area contributed by atoms with Gasteiger partial charge in [0.2, 0.25) is 0 Å². The number of benzene rings is 2. The van der Waals surface area contributed by atoms with Crippen LogP contribution in [0.5, 0.6) is 11.5 Å². The lowest BCUT2D eigenvalue weighted by Gasteiger charge is -2.15. The summed E-state index contributed by atoms with van der Waals surface area (Å²) in [6.45, 7) is 5.71. The second kappa shape index (κ2) is 8.47. The van der Waals surface area contributed by atoms with Crippen molar-refractivity contribution in [2.75, 3.05) is 30.8 Å². The molecule has 0 aliphatic rings. The van der Waals surface area contributed by atoms with E-state index in [2.05, 4.69) is 10.1 Å².